The monoisotopic (exact) mass is 477 g/mol. The average molecular weight is 478 g/mol. The van der Waals surface area contributed by atoms with Gasteiger partial charge < -0.3 is 37.9 Å². The fourth-order valence-corrected chi connectivity index (χ4v) is 4.02. The molecule has 1 heterocycles. The number of methoxy groups -OCH3 is 2. The molecular formula is C20H25ClINO2. The van der Waals surface area contributed by atoms with Gasteiger partial charge in [-0.05, 0) is 22.8 Å². The van der Waals surface area contributed by atoms with E-state index in [9.17, 15) is 0 Å². The highest BCUT2D eigenvalue weighted by atomic mass is 127. The Labute approximate surface area is 172 Å². The molecule has 0 unspecified atom stereocenters. The van der Waals surface area contributed by atoms with Crippen LogP contribution in [0.2, 0.25) is 5.02 Å². The zero-order chi connectivity index (χ0) is 17.3. The van der Waals surface area contributed by atoms with Crippen molar-refractivity contribution < 1.29 is 37.9 Å². The highest BCUT2D eigenvalue weighted by Gasteiger charge is 2.33. The second-order valence-electron chi connectivity index (χ2n) is 7.05. The van der Waals surface area contributed by atoms with Crippen molar-refractivity contribution in [2.24, 2.45) is 0 Å². The van der Waals surface area contributed by atoms with Gasteiger partial charge in [0.1, 0.15) is 0 Å². The van der Waals surface area contributed by atoms with Crippen LogP contribution in [-0.4, -0.2) is 45.9 Å². The third-order valence-electron chi connectivity index (χ3n) is 4.97. The SMILES string of the molecule is [13CH3]Oc1cc2c(c(Cl)c1O[13CH3])CC[N+]([13CH3])([13CH3])C[C@@H]2c1ccccc1.[I-]. The Morgan fingerprint density at radius 2 is 1.76 bits per heavy atom. The molecule has 0 N–H and O–H groups in total. The molecule has 2 aromatic rings. The third-order valence-corrected chi connectivity index (χ3v) is 5.37. The molecule has 0 aromatic heterocycles. The van der Waals surface area contributed by atoms with Gasteiger partial charge in [-0.15, -0.1) is 0 Å². The fraction of sp³-hybridized carbons (Fsp3) is 0.400. The van der Waals surface area contributed by atoms with Crippen molar-refractivity contribution in [2.45, 2.75) is 12.3 Å². The number of halogens is 2. The van der Waals surface area contributed by atoms with Crippen molar-refractivity contribution in [3.8, 4) is 11.5 Å². The number of quaternary nitrogens is 1. The number of rotatable bonds is 3. The van der Waals surface area contributed by atoms with Crippen LogP contribution < -0.4 is 33.5 Å². The van der Waals surface area contributed by atoms with E-state index in [0.717, 1.165) is 24.0 Å². The number of nitrogens with zero attached hydrogens (tertiary/aromatic N) is 1. The molecule has 136 valence electrons. The maximum Gasteiger partial charge on any atom is 0.179 e. The summed E-state index contributed by atoms with van der Waals surface area (Å²) in [6.07, 6.45) is 0.935. The van der Waals surface area contributed by atoms with E-state index in [0.29, 0.717) is 16.5 Å². The minimum Gasteiger partial charge on any atom is -1.00 e. The molecule has 0 aliphatic carbocycles. The van der Waals surface area contributed by atoms with E-state index < -0.39 is 0 Å². The zero-order valence-electron chi connectivity index (χ0n) is 15.2. The van der Waals surface area contributed by atoms with Crippen LogP contribution in [0.15, 0.2) is 36.4 Å². The summed E-state index contributed by atoms with van der Waals surface area (Å²) in [6, 6.07) is 12.8. The Kier molecular flexibility index (Phi) is 6.62. The van der Waals surface area contributed by atoms with Crippen molar-refractivity contribution in [2.75, 3.05) is 41.4 Å². The lowest BCUT2D eigenvalue weighted by molar-refractivity contribution is -0.890. The van der Waals surface area contributed by atoms with Crippen LogP contribution in [0.3, 0.4) is 0 Å². The maximum absolute atomic E-state index is 6.72. The first-order valence-corrected chi connectivity index (χ1v) is 8.65. The highest BCUT2D eigenvalue weighted by Crippen LogP contribution is 2.45. The van der Waals surface area contributed by atoms with Gasteiger partial charge in [-0.2, -0.15) is 0 Å². The van der Waals surface area contributed by atoms with Gasteiger partial charge in [0.25, 0.3) is 0 Å². The first-order valence-electron chi connectivity index (χ1n) is 8.27. The van der Waals surface area contributed by atoms with Gasteiger partial charge in [0.05, 0.1) is 52.3 Å². The smallest absolute Gasteiger partial charge is 0.179 e. The molecular weight excluding hydrogens is 453 g/mol. The average Bonchev–Trinajstić information content (AvgIpc) is 2.72. The number of likely N-dealkylation sites (N-methyl/N-ethyl adjacent to an activating group) is 1. The third kappa shape index (κ3) is 4.07. The molecule has 0 spiro atoms. The lowest BCUT2D eigenvalue weighted by Crippen LogP contribution is -3.00. The van der Waals surface area contributed by atoms with Crippen LogP contribution >= 0.6 is 11.6 Å². The van der Waals surface area contributed by atoms with E-state index in [-0.39, 0.29) is 29.9 Å². The number of fused-ring (bicyclic) bond motifs is 1. The molecule has 0 saturated heterocycles. The summed E-state index contributed by atoms with van der Waals surface area (Å²) >= 11 is 6.72. The van der Waals surface area contributed by atoms with Gasteiger partial charge in [-0.25, -0.2) is 0 Å². The van der Waals surface area contributed by atoms with Crippen LogP contribution in [-0.2, 0) is 6.42 Å². The molecule has 0 radical (unpaired) electrons. The largest absolute Gasteiger partial charge is 1.00 e. The molecule has 2 aromatic carbocycles. The summed E-state index contributed by atoms with van der Waals surface area (Å²) in [4.78, 5) is 0. The number of hydrogen-bond acceptors (Lipinski definition) is 2. The summed E-state index contributed by atoms with van der Waals surface area (Å²) in [5, 5.41) is 0.690. The van der Waals surface area contributed by atoms with Gasteiger partial charge in [0, 0.05) is 6.42 Å². The van der Waals surface area contributed by atoms with Crippen LogP contribution in [0.25, 0.3) is 0 Å². The second kappa shape index (κ2) is 8.14. The van der Waals surface area contributed by atoms with Crippen LogP contribution in [0.1, 0.15) is 22.6 Å². The number of ether oxygens (including phenoxy) is 2. The standard InChI is InChI=1S/C20H25ClNO2.HI/c1-22(2)11-10-15-16(12-18(23-3)20(24-4)19(15)21)17(13-22)14-8-6-5-7-9-14;/h5-9,12,17H,10-11,13H2,1-4H3;1H/q+1;/p-1/t17-;/m1./s1/i1+1,2+1,3+1,4+1;. The summed E-state index contributed by atoms with van der Waals surface area (Å²) < 4.78 is 12.0. The summed E-state index contributed by atoms with van der Waals surface area (Å²) in [7, 11) is 7.87. The molecule has 3 rings (SSSR count). The Hall–Kier alpha value is -0.980. The molecule has 3 nitrogen and oxygen atoms in total. The summed E-state index contributed by atoms with van der Waals surface area (Å²) in [5.41, 5.74) is 3.76. The van der Waals surface area contributed by atoms with Crippen LogP contribution in [0, 0.1) is 0 Å². The van der Waals surface area contributed by atoms with E-state index >= 15 is 0 Å². The number of benzene rings is 2. The van der Waals surface area contributed by atoms with E-state index in [1.807, 2.05) is 0 Å². The van der Waals surface area contributed by atoms with Crippen LogP contribution in [0.4, 0.5) is 0 Å². The molecule has 25 heavy (non-hydrogen) atoms. The molecule has 1 aliphatic rings. The summed E-state index contributed by atoms with van der Waals surface area (Å²) in [5.74, 6) is 1.63. The van der Waals surface area contributed by atoms with Gasteiger partial charge in [0.2, 0.25) is 0 Å². The van der Waals surface area contributed by atoms with Gasteiger partial charge in [-0.1, -0.05) is 41.9 Å². The fourth-order valence-electron chi connectivity index (χ4n) is 3.64. The van der Waals surface area contributed by atoms with Crippen molar-refractivity contribution in [1.29, 1.82) is 0 Å². The minimum absolute atomic E-state index is 0. The lowest BCUT2D eigenvalue weighted by Gasteiger charge is -2.31. The topological polar surface area (TPSA) is 18.5 Å². The molecule has 5 heteroatoms. The molecule has 0 fully saturated rings. The Morgan fingerprint density at radius 3 is 2.36 bits per heavy atom. The minimum atomic E-state index is 0. The molecule has 1 atom stereocenters. The molecule has 0 bridgehead atoms. The van der Waals surface area contributed by atoms with E-state index in [2.05, 4.69) is 50.5 Å². The Bertz CT molecular complexity index is 734. The highest BCUT2D eigenvalue weighted by molar-refractivity contribution is 6.33. The first-order chi connectivity index (χ1) is 11.5. The first kappa shape index (κ1) is 20.3. The second-order valence-corrected chi connectivity index (χ2v) is 7.43. The van der Waals surface area contributed by atoms with E-state index in [4.69, 9.17) is 21.1 Å². The van der Waals surface area contributed by atoms with Crippen molar-refractivity contribution in [3.63, 3.8) is 0 Å². The Morgan fingerprint density at radius 1 is 1.08 bits per heavy atom. The lowest BCUT2D eigenvalue weighted by atomic mass is 9.87. The molecule has 0 amide bonds. The van der Waals surface area contributed by atoms with Crippen molar-refractivity contribution in [3.05, 3.63) is 58.1 Å². The van der Waals surface area contributed by atoms with Gasteiger partial charge >= 0.3 is 0 Å². The van der Waals surface area contributed by atoms with E-state index in [1.54, 1.807) is 14.2 Å². The maximum atomic E-state index is 6.72. The summed E-state index contributed by atoms with van der Waals surface area (Å²) in [6.45, 7) is 2.08. The predicted molar refractivity (Wildman–Crippen MR) is 98.4 cm³/mol. The number of hydrogen-bond donors (Lipinski definition) is 0. The molecule has 1 aliphatic heterocycles. The quantitative estimate of drug-likeness (QED) is 0.375. The zero-order valence-corrected chi connectivity index (χ0v) is 18.1. The van der Waals surface area contributed by atoms with Crippen molar-refractivity contribution >= 4 is 11.6 Å². The van der Waals surface area contributed by atoms with Crippen molar-refractivity contribution in [1.82, 2.24) is 0 Å². The Balaban J connectivity index is 0.00000225. The molecule has 0 saturated carbocycles. The van der Waals surface area contributed by atoms with Crippen LogP contribution in [0.5, 0.6) is 11.5 Å². The van der Waals surface area contributed by atoms with Gasteiger partial charge in [-0.3, -0.25) is 0 Å². The normalized spacial score (nSPS) is 18.5. The van der Waals surface area contributed by atoms with Gasteiger partial charge in [0.15, 0.2) is 11.5 Å². The van der Waals surface area contributed by atoms with E-state index in [1.165, 1.54) is 16.7 Å². The predicted octanol–water partition coefficient (Wildman–Crippen LogP) is 1.13.